The van der Waals surface area contributed by atoms with Gasteiger partial charge in [-0.2, -0.15) is 13.2 Å². The minimum atomic E-state index is -5.12. The Morgan fingerprint density at radius 3 is 1.82 bits per heavy atom. The molecule has 3 rings (SSSR count). The molecule has 0 bridgehead atoms. The van der Waals surface area contributed by atoms with E-state index in [1.807, 2.05) is 31.2 Å². The molecule has 11 heteroatoms. The Morgan fingerprint density at radius 2 is 1.38 bits per heavy atom. The molecule has 0 amide bonds. The van der Waals surface area contributed by atoms with Gasteiger partial charge in [-0.1, -0.05) is 66.5 Å². The lowest BCUT2D eigenvalue weighted by molar-refractivity contribution is -0.179. The lowest BCUT2D eigenvalue weighted by atomic mass is 9.74. The van der Waals surface area contributed by atoms with E-state index in [0.717, 1.165) is 11.1 Å². The predicted molar refractivity (Wildman–Crippen MR) is 145 cm³/mol. The van der Waals surface area contributed by atoms with Gasteiger partial charge < -0.3 is 9.84 Å². The Labute approximate surface area is 235 Å². The molecule has 0 spiro atoms. The third-order valence-corrected chi connectivity index (χ3v) is 8.69. The second-order valence-corrected chi connectivity index (χ2v) is 12.2. The van der Waals surface area contributed by atoms with Crippen LogP contribution in [0.25, 0.3) is 0 Å². The van der Waals surface area contributed by atoms with E-state index in [4.69, 9.17) is 27.9 Å². The zero-order valence-electron chi connectivity index (χ0n) is 20.9. The van der Waals surface area contributed by atoms with Crippen LogP contribution in [0.1, 0.15) is 30.0 Å². The van der Waals surface area contributed by atoms with Crippen LogP contribution in [0.4, 0.5) is 13.2 Å². The van der Waals surface area contributed by atoms with Crippen molar-refractivity contribution in [3.63, 3.8) is 0 Å². The number of carbonyl (C=O) groups excluding carboxylic acids is 1. The summed E-state index contributed by atoms with van der Waals surface area (Å²) >= 11 is 12.1. The Morgan fingerprint density at radius 1 is 0.897 bits per heavy atom. The summed E-state index contributed by atoms with van der Waals surface area (Å²) in [6.45, 7) is 1.76. The maximum atomic E-state index is 13.3. The van der Waals surface area contributed by atoms with Crippen LogP contribution in [0.15, 0.2) is 72.8 Å². The SMILES string of the molecule is CCC(CS(=O)(=O)CCOc1ccc(CC(O)C(=O)C(F)(F)F)cc1)(c1ccc(Cl)cc1)c1ccc(Cl)cc1. The van der Waals surface area contributed by atoms with Crippen LogP contribution in [-0.2, 0) is 26.5 Å². The first-order chi connectivity index (χ1) is 18.3. The van der Waals surface area contributed by atoms with E-state index in [1.165, 1.54) is 24.3 Å². The number of aliphatic hydroxyl groups excluding tert-OH is 1. The fourth-order valence-corrected chi connectivity index (χ4v) is 6.36. The minimum Gasteiger partial charge on any atom is -0.493 e. The van der Waals surface area contributed by atoms with Gasteiger partial charge in [-0.15, -0.1) is 0 Å². The number of halogens is 5. The number of alkyl halides is 3. The third kappa shape index (κ3) is 8.20. The largest absolute Gasteiger partial charge is 0.493 e. The van der Waals surface area contributed by atoms with Crippen LogP contribution in [0.2, 0.25) is 10.0 Å². The van der Waals surface area contributed by atoms with E-state index in [1.54, 1.807) is 24.3 Å². The fourth-order valence-electron chi connectivity index (χ4n) is 4.34. The summed E-state index contributed by atoms with van der Waals surface area (Å²) < 4.78 is 69.6. The van der Waals surface area contributed by atoms with E-state index in [2.05, 4.69) is 0 Å². The van der Waals surface area contributed by atoms with Gasteiger partial charge in [0.1, 0.15) is 18.5 Å². The van der Waals surface area contributed by atoms with Gasteiger partial charge in [0.2, 0.25) is 0 Å². The Hall–Kier alpha value is -2.59. The second kappa shape index (κ2) is 12.7. The normalized spacial score (nSPS) is 13.2. The highest BCUT2D eigenvalue weighted by atomic mass is 35.5. The molecule has 0 heterocycles. The molecular formula is C28H27Cl2F3O5S. The first-order valence-electron chi connectivity index (χ1n) is 12.0. The average Bonchev–Trinajstić information content (AvgIpc) is 2.88. The number of ketones is 1. The molecule has 3 aromatic rings. The van der Waals surface area contributed by atoms with Crippen LogP contribution in [-0.4, -0.2) is 49.7 Å². The molecule has 0 aliphatic carbocycles. The highest BCUT2D eigenvalue weighted by molar-refractivity contribution is 7.91. The molecule has 0 radical (unpaired) electrons. The van der Waals surface area contributed by atoms with Crippen molar-refractivity contribution in [3.8, 4) is 5.75 Å². The third-order valence-electron chi connectivity index (χ3n) is 6.46. The molecule has 0 aliphatic heterocycles. The lowest BCUT2D eigenvalue weighted by Gasteiger charge is -2.34. The lowest BCUT2D eigenvalue weighted by Crippen LogP contribution is -2.37. The first kappa shape index (κ1) is 30.9. The van der Waals surface area contributed by atoms with Crippen LogP contribution in [0.5, 0.6) is 5.75 Å². The van der Waals surface area contributed by atoms with Gasteiger partial charge in [0.15, 0.2) is 9.84 Å². The molecule has 1 unspecified atom stereocenters. The van der Waals surface area contributed by atoms with Crippen molar-refractivity contribution < 1.29 is 36.2 Å². The topological polar surface area (TPSA) is 80.7 Å². The summed E-state index contributed by atoms with van der Waals surface area (Å²) in [4.78, 5) is 11.1. The smallest absolute Gasteiger partial charge is 0.452 e. The number of Topliss-reactive ketones (excluding diaryl/α,β-unsaturated/α-hetero) is 1. The van der Waals surface area contributed by atoms with Gasteiger partial charge in [-0.25, -0.2) is 8.42 Å². The molecule has 0 fully saturated rings. The van der Waals surface area contributed by atoms with Gasteiger partial charge in [0.05, 0.1) is 11.5 Å². The molecule has 0 aromatic heterocycles. The number of carbonyl (C=O) groups is 1. The number of benzene rings is 3. The van der Waals surface area contributed by atoms with E-state index < -0.39 is 39.7 Å². The van der Waals surface area contributed by atoms with Crippen LogP contribution >= 0.6 is 23.2 Å². The van der Waals surface area contributed by atoms with E-state index in [0.29, 0.717) is 27.8 Å². The van der Waals surface area contributed by atoms with Gasteiger partial charge in [-0.05, 0) is 59.5 Å². The van der Waals surface area contributed by atoms with Crippen molar-refractivity contribution in [3.05, 3.63) is 99.5 Å². The maximum Gasteiger partial charge on any atom is 0.452 e. The number of hydrogen-bond donors (Lipinski definition) is 1. The molecule has 0 saturated carbocycles. The molecule has 1 atom stereocenters. The zero-order chi connectivity index (χ0) is 28.8. The molecule has 1 N–H and O–H groups in total. The summed E-state index contributed by atoms with van der Waals surface area (Å²) in [6.07, 6.45) is -7.35. The Balaban J connectivity index is 1.70. The fraction of sp³-hybridized carbons (Fsp3) is 0.321. The van der Waals surface area contributed by atoms with Gasteiger partial charge in [-0.3, -0.25) is 4.79 Å². The summed E-state index contributed by atoms with van der Waals surface area (Å²) in [5, 5.41) is 10.6. The Kier molecular flexibility index (Phi) is 10.1. The van der Waals surface area contributed by atoms with Gasteiger partial charge in [0, 0.05) is 21.9 Å². The molecule has 0 saturated heterocycles. The van der Waals surface area contributed by atoms with Crippen molar-refractivity contribution in [2.45, 2.75) is 37.5 Å². The number of sulfone groups is 1. The van der Waals surface area contributed by atoms with Crippen LogP contribution in [0.3, 0.4) is 0 Å². The summed E-state index contributed by atoms with van der Waals surface area (Å²) in [5.41, 5.74) is 1.02. The van der Waals surface area contributed by atoms with Gasteiger partial charge >= 0.3 is 6.18 Å². The molecule has 3 aromatic carbocycles. The number of rotatable bonds is 12. The summed E-state index contributed by atoms with van der Waals surface area (Å²) in [5.74, 6) is -2.39. The van der Waals surface area contributed by atoms with Crippen molar-refractivity contribution >= 4 is 38.8 Å². The van der Waals surface area contributed by atoms with Gasteiger partial charge in [0.25, 0.3) is 5.78 Å². The molecule has 39 heavy (non-hydrogen) atoms. The van der Waals surface area contributed by atoms with Crippen LogP contribution < -0.4 is 4.74 Å². The van der Waals surface area contributed by atoms with E-state index in [9.17, 15) is 31.5 Å². The first-order valence-corrected chi connectivity index (χ1v) is 14.6. The highest BCUT2D eigenvalue weighted by Gasteiger charge is 2.42. The monoisotopic (exact) mass is 602 g/mol. The van der Waals surface area contributed by atoms with Crippen molar-refractivity contribution in [1.29, 1.82) is 0 Å². The number of aliphatic hydroxyl groups is 1. The quantitative estimate of drug-likeness (QED) is 0.266. The zero-order valence-corrected chi connectivity index (χ0v) is 23.2. The minimum absolute atomic E-state index is 0.155. The number of ether oxygens (including phenoxy) is 1. The van der Waals surface area contributed by atoms with E-state index in [-0.39, 0.29) is 18.1 Å². The predicted octanol–water partition coefficient (Wildman–Crippen LogP) is 6.22. The van der Waals surface area contributed by atoms with Crippen LogP contribution in [0, 0.1) is 0 Å². The van der Waals surface area contributed by atoms with Crippen molar-refractivity contribution in [2.24, 2.45) is 0 Å². The second-order valence-electron chi connectivity index (χ2n) is 9.12. The summed E-state index contributed by atoms with van der Waals surface area (Å²) in [7, 11) is -3.65. The number of hydrogen-bond acceptors (Lipinski definition) is 5. The highest BCUT2D eigenvalue weighted by Crippen LogP contribution is 2.38. The standard InChI is InChI=1S/C28H27Cl2F3O5S/c1-2-27(20-5-9-22(29)10-6-20,21-7-11-23(30)12-8-21)18-39(36,37)16-15-38-24-13-3-19(4-14-24)17-25(34)26(35)28(31,32)33/h3-14,25,34H,2,15-18H2,1H3. The molecule has 5 nitrogen and oxygen atoms in total. The Bertz CT molecular complexity index is 1310. The van der Waals surface area contributed by atoms with Crippen molar-refractivity contribution in [2.75, 3.05) is 18.1 Å². The average molecular weight is 603 g/mol. The van der Waals surface area contributed by atoms with Crippen molar-refractivity contribution in [1.82, 2.24) is 0 Å². The maximum absolute atomic E-state index is 13.3. The molecule has 210 valence electrons. The summed E-state index contributed by atoms with van der Waals surface area (Å²) in [6, 6.07) is 19.8. The molecule has 0 aliphatic rings. The van der Waals surface area contributed by atoms with E-state index >= 15 is 0 Å². The molecular weight excluding hydrogens is 576 g/mol.